The van der Waals surface area contributed by atoms with E-state index in [1.165, 1.54) is 19.3 Å². The summed E-state index contributed by atoms with van der Waals surface area (Å²) in [5, 5.41) is 15.6. The van der Waals surface area contributed by atoms with E-state index in [4.69, 9.17) is 16.3 Å². The molecule has 0 saturated carbocycles. The van der Waals surface area contributed by atoms with Gasteiger partial charge < -0.3 is 10.1 Å². The fraction of sp³-hybridized carbons (Fsp3) is 0.529. The molecule has 4 heterocycles. The summed E-state index contributed by atoms with van der Waals surface area (Å²) < 4.78 is 7.46. The van der Waals surface area contributed by atoms with Gasteiger partial charge >= 0.3 is 0 Å². The van der Waals surface area contributed by atoms with Crippen LogP contribution in [0.25, 0.3) is 11.0 Å². The van der Waals surface area contributed by atoms with Crippen molar-refractivity contribution < 1.29 is 4.74 Å². The van der Waals surface area contributed by atoms with E-state index in [0.29, 0.717) is 35.8 Å². The molecular weight excluding hydrogens is 354 g/mol. The van der Waals surface area contributed by atoms with E-state index in [2.05, 4.69) is 44.4 Å². The minimum Gasteiger partial charge on any atom is -0.475 e. The van der Waals surface area contributed by atoms with Crippen molar-refractivity contribution in [2.45, 2.75) is 53.0 Å². The molecule has 3 aromatic heterocycles. The van der Waals surface area contributed by atoms with E-state index in [0.717, 1.165) is 23.2 Å². The maximum Gasteiger partial charge on any atom is 0.256 e. The number of unbranched alkanes of at least 4 members (excludes halogenated alkanes) is 2. The number of halogens is 1. The summed E-state index contributed by atoms with van der Waals surface area (Å²) >= 11 is 6.11. The summed E-state index contributed by atoms with van der Waals surface area (Å²) in [4.78, 5) is 8.77. The number of aromatic nitrogens is 6. The Bertz CT molecular complexity index is 871. The number of H-pyrrole nitrogens is 1. The molecule has 2 N–H and O–H groups in total. The third kappa shape index (κ3) is 3.90. The SMILES string of the molecule is CCCCC.Cc1[nH]nc2c1Nc1ncc3c(Cl)nn(c3n1)CCCO2. The molecule has 3 aromatic rings. The van der Waals surface area contributed by atoms with Gasteiger partial charge in [-0.1, -0.05) is 44.7 Å². The molecule has 0 fully saturated rings. The molecule has 0 aliphatic carbocycles. The summed E-state index contributed by atoms with van der Waals surface area (Å²) in [5.74, 6) is 0.977. The predicted molar refractivity (Wildman–Crippen MR) is 102 cm³/mol. The zero-order valence-electron chi connectivity index (χ0n) is 15.3. The molecule has 0 aromatic carbocycles. The fourth-order valence-electron chi connectivity index (χ4n) is 2.65. The molecule has 1 aliphatic rings. The number of anilines is 2. The highest BCUT2D eigenvalue weighted by Gasteiger charge is 2.17. The van der Waals surface area contributed by atoms with Crippen molar-refractivity contribution in [2.75, 3.05) is 11.9 Å². The molecule has 1 aliphatic heterocycles. The van der Waals surface area contributed by atoms with Gasteiger partial charge in [-0.15, -0.1) is 5.10 Å². The van der Waals surface area contributed by atoms with Crippen molar-refractivity contribution in [3.63, 3.8) is 0 Å². The number of fused-ring (bicyclic) bond motifs is 2. The van der Waals surface area contributed by atoms with E-state index >= 15 is 0 Å². The highest BCUT2D eigenvalue weighted by Crippen LogP contribution is 2.29. The molecule has 9 heteroatoms. The average molecular weight is 378 g/mol. The second-order valence-electron chi connectivity index (χ2n) is 6.15. The number of rotatable bonds is 2. The van der Waals surface area contributed by atoms with Crippen LogP contribution in [0.15, 0.2) is 6.20 Å². The molecule has 0 saturated heterocycles. The Morgan fingerprint density at radius 2 is 2.12 bits per heavy atom. The van der Waals surface area contributed by atoms with Crippen molar-refractivity contribution in [1.29, 1.82) is 0 Å². The van der Waals surface area contributed by atoms with Gasteiger partial charge in [0.25, 0.3) is 5.88 Å². The third-order valence-electron chi connectivity index (χ3n) is 4.05. The predicted octanol–water partition coefficient (Wildman–Crippen LogP) is 4.23. The van der Waals surface area contributed by atoms with Gasteiger partial charge in [-0.25, -0.2) is 9.67 Å². The Labute approximate surface area is 157 Å². The van der Waals surface area contributed by atoms with Crippen molar-refractivity contribution in [1.82, 2.24) is 29.9 Å². The van der Waals surface area contributed by atoms with Gasteiger partial charge in [0, 0.05) is 19.2 Å². The van der Waals surface area contributed by atoms with Crippen LogP contribution < -0.4 is 10.1 Å². The Hall–Kier alpha value is -2.35. The second kappa shape index (κ2) is 8.35. The summed E-state index contributed by atoms with van der Waals surface area (Å²) in [6.45, 7) is 7.52. The normalized spacial score (nSPS) is 13.2. The molecule has 26 heavy (non-hydrogen) atoms. The standard InChI is InChI=1S/C12H12ClN7O.C5H12/c1-6-8-11(18-17-6)21-4-2-3-20-10-7(9(13)19-20)5-14-12(15-8)16-10;1-3-5-4-2/h5H,2-4H2,1H3,(H,17,18)(H,14,15,16);3-5H2,1-2H3. The summed E-state index contributed by atoms with van der Waals surface area (Å²) in [6, 6.07) is 0. The van der Waals surface area contributed by atoms with Crippen molar-refractivity contribution in [2.24, 2.45) is 0 Å². The van der Waals surface area contributed by atoms with E-state index in [1.807, 2.05) is 6.92 Å². The van der Waals surface area contributed by atoms with Gasteiger partial charge in [-0.05, 0) is 6.92 Å². The average Bonchev–Trinajstić information content (AvgIpc) is 3.13. The molecule has 8 nitrogen and oxygen atoms in total. The molecule has 0 radical (unpaired) electrons. The Morgan fingerprint density at radius 3 is 2.85 bits per heavy atom. The highest BCUT2D eigenvalue weighted by atomic mass is 35.5. The summed E-state index contributed by atoms with van der Waals surface area (Å²) in [6.07, 6.45) is 6.52. The first-order chi connectivity index (χ1) is 12.6. The van der Waals surface area contributed by atoms with E-state index in [-0.39, 0.29) is 0 Å². The van der Waals surface area contributed by atoms with Gasteiger partial charge in [0.2, 0.25) is 5.95 Å². The number of hydrogen-bond donors (Lipinski definition) is 2. The maximum atomic E-state index is 6.11. The molecule has 140 valence electrons. The Balaban J connectivity index is 0.000000349. The van der Waals surface area contributed by atoms with Crippen LogP contribution in [-0.2, 0) is 6.54 Å². The molecule has 0 atom stereocenters. The zero-order chi connectivity index (χ0) is 18.5. The van der Waals surface area contributed by atoms with Gasteiger partial charge in [0.15, 0.2) is 10.8 Å². The molecule has 2 bridgehead atoms. The third-order valence-corrected chi connectivity index (χ3v) is 4.33. The van der Waals surface area contributed by atoms with Crippen molar-refractivity contribution in [3.05, 3.63) is 17.0 Å². The second-order valence-corrected chi connectivity index (χ2v) is 6.51. The number of aryl methyl sites for hydroxylation is 2. The van der Waals surface area contributed by atoms with Crippen molar-refractivity contribution >= 4 is 34.3 Å². The van der Waals surface area contributed by atoms with Crippen LogP contribution >= 0.6 is 11.6 Å². The van der Waals surface area contributed by atoms with Crippen LogP contribution in [0.2, 0.25) is 5.15 Å². The molecule has 0 amide bonds. The molecule has 4 rings (SSSR count). The van der Waals surface area contributed by atoms with E-state index in [1.54, 1.807) is 10.9 Å². The minimum atomic E-state index is 0.412. The molecule has 0 spiro atoms. The minimum absolute atomic E-state index is 0.412. The number of nitrogens with zero attached hydrogens (tertiary/aromatic N) is 5. The van der Waals surface area contributed by atoms with Gasteiger partial charge in [-0.2, -0.15) is 10.1 Å². The largest absolute Gasteiger partial charge is 0.475 e. The molecule has 0 unspecified atom stereocenters. The van der Waals surface area contributed by atoms with Crippen LogP contribution in [-0.4, -0.2) is 36.6 Å². The lowest BCUT2D eigenvalue weighted by Gasteiger charge is -2.06. The number of nitrogens with one attached hydrogen (secondary N) is 2. The summed E-state index contributed by atoms with van der Waals surface area (Å²) in [7, 11) is 0. The topological polar surface area (TPSA) is 93.5 Å². The van der Waals surface area contributed by atoms with Crippen LogP contribution in [0.5, 0.6) is 5.88 Å². The van der Waals surface area contributed by atoms with Crippen LogP contribution in [0, 0.1) is 6.92 Å². The quantitative estimate of drug-likeness (QED) is 0.693. The summed E-state index contributed by atoms with van der Waals surface area (Å²) in [5.41, 5.74) is 2.31. The zero-order valence-corrected chi connectivity index (χ0v) is 16.1. The van der Waals surface area contributed by atoms with E-state index in [9.17, 15) is 0 Å². The monoisotopic (exact) mass is 377 g/mol. The number of ether oxygens (including phenoxy) is 1. The molecular formula is C17H24ClN7O. The van der Waals surface area contributed by atoms with Gasteiger partial charge in [0.05, 0.1) is 17.7 Å². The lowest BCUT2D eigenvalue weighted by Crippen LogP contribution is -2.06. The maximum absolute atomic E-state index is 6.11. The van der Waals surface area contributed by atoms with Crippen LogP contribution in [0.3, 0.4) is 0 Å². The first kappa shape index (κ1) is 18.4. The van der Waals surface area contributed by atoms with Crippen LogP contribution in [0.1, 0.15) is 45.2 Å². The lowest BCUT2D eigenvalue weighted by molar-refractivity contribution is 0.290. The van der Waals surface area contributed by atoms with E-state index < -0.39 is 0 Å². The number of hydrogen-bond acceptors (Lipinski definition) is 6. The Morgan fingerprint density at radius 1 is 1.31 bits per heavy atom. The van der Waals surface area contributed by atoms with Crippen LogP contribution in [0.4, 0.5) is 11.6 Å². The highest BCUT2D eigenvalue weighted by molar-refractivity contribution is 6.34. The Kier molecular flexibility index (Phi) is 5.92. The first-order valence-corrected chi connectivity index (χ1v) is 9.35. The fourth-order valence-corrected chi connectivity index (χ4v) is 2.87. The first-order valence-electron chi connectivity index (χ1n) is 8.97. The van der Waals surface area contributed by atoms with Crippen molar-refractivity contribution in [3.8, 4) is 5.88 Å². The van der Waals surface area contributed by atoms with Gasteiger partial charge in [0.1, 0.15) is 5.69 Å². The lowest BCUT2D eigenvalue weighted by atomic mass is 10.3. The van der Waals surface area contributed by atoms with Gasteiger partial charge in [-0.3, -0.25) is 5.10 Å². The number of aromatic amines is 1. The smallest absolute Gasteiger partial charge is 0.256 e.